The van der Waals surface area contributed by atoms with Crippen LogP contribution in [0.15, 0.2) is 5.38 Å². The second kappa shape index (κ2) is 4.94. The summed E-state index contributed by atoms with van der Waals surface area (Å²) in [7, 11) is 0. The molecule has 13 heavy (non-hydrogen) atoms. The van der Waals surface area contributed by atoms with Crippen molar-refractivity contribution in [2.24, 2.45) is 0 Å². The fourth-order valence-electron chi connectivity index (χ4n) is 0.828. The van der Waals surface area contributed by atoms with Crippen LogP contribution in [0, 0.1) is 0 Å². The maximum atomic E-state index is 10.5. The molecule has 72 valence electrons. The molecule has 0 bridgehead atoms. The Morgan fingerprint density at radius 2 is 2.54 bits per heavy atom. The van der Waals surface area contributed by atoms with E-state index in [-0.39, 0.29) is 5.69 Å². The van der Waals surface area contributed by atoms with Gasteiger partial charge in [-0.25, -0.2) is 9.78 Å². The number of aromatic carboxylic acids is 1. The van der Waals surface area contributed by atoms with Crippen molar-refractivity contribution in [1.29, 1.82) is 0 Å². The summed E-state index contributed by atoms with van der Waals surface area (Å²) in [5.74, 6) is -0.973. The number of carboxylic acids is 1. The maximum Gasteiger partial charge on any atom is 0.355 e. The van der Waals surface area contributed by atoms with Crippen molar-refractivity contribution in [3.63, 3.8) is 0 Å². The fourth-order valence-corrected chi connectivity index (χ4v) is 1.58. The molecular weight excluding hydrogens is 190 g/mol. The zero-order chi connectivity index (χ0) is 9.68. The molecule has 1 N–H and O–H groups in total. The molecule has 4 nitrogen and oxygen atoms in total. The van der Waals surface area contributed by atoms with Gasteiger partial charge in [-0.05, 0) is 6.92 Å². The van der Waals surface area contributed by atoms with Crippen LogP contribution in [-0.2, 0) is 11.2 Å². The van der Waals surface area contributed by atoms with E-state index in [0.717, 1.165) is 5.01 Å². The third-order valence-corrected chi connectivity index (χ3v) is 2.34. The quantitative estimate of drug-likeness (QED) is 0.732. The van der Waals surface area contributed by atoms with Gasteiger partial charge in [0, 0.05) is 18.4 Å². The number of rotatable bonds is 5. The average Bonchev–Trinajstić information content (AvgIpc) is 2.53. The van der Waals surface area contributed by atoms with Crippen molar-refractivity contribution in [3.8, 4) is 0 Å². The lowest BCUT2D eigenvalue weighted by atomic mass is 10.4. The Hall–Kier alpha value is -0.940. The second-order valence-corrected chi connectivity index (χ2v) is 3.32. The molecule has 0 amide bonds. The van der Waals surface area contributed by atoms with Crippen molar-refractivity contribution >= 4 is 17.3 Å². The summed E-state index contributed by atoms with van der Waals surface area (Å²) in [5, 5.41) is 10.9. The maximum absolute atomic E-state index is 10.5. The first kappa shape index (κ1) is 10.1. The zero-order valence-electron chi connectivity index (χ0n) is 7.32. The minimum Gasteiger partial charge on any atom is -0.476 e. The highest BCUT2D eigenvalue weighted by Gasteiger charge is 2.07. The highest BCUT2D eigenvalue weighted by molar-refractivity contribution is 7.09. The fraction of sp³-hybridized carbons (Fsp3) is 0.500. The number of thiazole rings is 1. The largest absolute Gasteiger partial charge is 0.476 e. The van der Waals surface area contributed by atoms with E-state index in [0.29, 0.717) is 19.6 Å². The van der Waals surface area contributed by atoms with Gasteiger partial charge in [-0.3, -0.25) is 0 Å². The minimum absolute atomic E-state index is 0.122. The van der Waals surface area contributed by atoms with E-state index in [1.54, 1.807) is 5.38 Å². The summed E-state index contributed by atoms with van der Waals surface area (Å²) >= 11 is 1.36. The lowest BCUT2D eigenvalue weighted by Crippen LogP contribution is -2.00. The molecule has 0 aromatic carbocycles. The predicted molar refractivity (Wildman–Crippen MR) is 49.3 cm³/mol. The van der Waals surface area contributed by atoms with Crippen LogP contribution in [-0.4, -0.2) is 29.3 Å². The third kappa shape index (κ3) is 3.12. The van der Waals surface area contributed by atoms with Gasteiger partial charge in [-0.1, -0.05) is 0 Å². The van der Waals surface area contributed by atoms with Gasteiger partial charge in [-0.15, -0.1) is 11.3 Å². The Labute approximate surface area is 80.2 Å². The summed E-state index contributed by atoms with van der Waals surface area (Å²) in [6.45, 7) is 3.20. The normalized spacial score (nSPS) is 10.2. The predicted octanol–water partition coefficient (Wildman–Crippen LogP) is 1.42. The Bertz CT molecular complexity index is 285. The van der Waals surface area contributed by atoms with Gasteiger partial charge >= 0.3 is 5.97 Å². The van der Waals surface area contributed by atoms with E-state index in [2.05, 4.69) is 4.98 Å². The number of aromatic nitrogens is 1. The molecule has 1 rings (SSSR count). The first-order valence-corrected chi connectivity index (χ1v) is 4.87. The van der Waals surface area contributed by atoms with Crippen molar-refractivity contribution in [3.05, 3.63) is 16.1 Å². The van der Waals surface area contributed by atoms with E-state index >= 15 is 0 Å². The van der Waals surface area contributed by atoms with Gasteiger partial charge in [-0.2, -0.15) is 0 Å². The SMILES string of the molecule is CCOCCc1nc(C(=O)O)cs1. The average molecular weight is 201 g/mol. The van der Waals surface area contributed by atoms with Crippen molar-refractivity contribution in [2.45, 2.75) is 13.3 Å². The highest BCUT2D eigenvalue weighted by atomic mass is 32.1. The smallest absolute Gasteiger partial charge is 0.355 e. The van der Waals surface area contributed by atoms with Crippen LogP contribution in [0.4, 0.5) is 0 Å². The number of carbonyl (C=O) groups is 1. The molecule has 0 aliphatic carbocycles. The topological polar surface area (TPSA) is 59.4 Å². The lowest BCUT2D eigenvalue weighted by molar-refractivity contribution is 0.0691. The number of hydrogen-bond acceptors (Lipinski definition) is 4. The van der Waals surface area contributed by atoms with Crippen molar-refractivity contribution in [1.82, 2.24) is 4.98 Å². The van der Waals surface area contributed by atoms with Crippen molar-refractivity contribution < 1.29 is 14.6 Å². The van der Waals surface area contributed by atoms with Gasteiger partial charge in [0.25, 0.3) is 0 Å². The third-order valence-electron chi connectivity index (χ3n) is 1.44. The first-order valence-electron chi connectivity index (χ1n) is 3.99. The molecule has 0 fully saturated rings. The van der Waals surface area contributed by atoms with Crippen molar-refractivity contribution in [2.75, 3.05) is 13.2 Å². The summed E-state index contributed by atoms with van der Waals surface area (Å²) < 4.78 is 5.13. The van der Waals surface area contributed by atoms with Crippen LogP contribution in [0.25, 0.3) is 0 Å². The van der Waals surface area contributed by atoms with Crippen LogP contribution in [0.5, 0.6) is 0 Å². The molecular formula is C8H11NO3S. The van der Waals surface area contributed by atoms with Gasteiger partial charge in [0.05, 0.1) is 11.6 Å². The van der Waals surface area contributed by atoms with Crippen LogP contribution < -0.4 is 0 Å². The van der Waals surface area contributed by atoms with E-state index < -0.39 is 5.97 Å². The Kier molecular flexibility index (Phi) is 3.85. The molecule has 1 aromatic rings. The lowest BCUT2D eigenvalue weighted by Gasteiger charge is -1.96. The Balaban J connectivity index is 2.44. The van der Waals surface area contributed by atoms with Crippen LogP contribution >= 0.6 is 11.3 Å². The molecule has 0 saturated heterocycles. The first-order chi connectivity index (χ1) is 6.24. The standard InChI is InChI=1S/C8H11NO3S/c1-2-12-4-3-7-9-6(5-13-7)8(10)11/h5H,2-4H2,1H3,(H,10,11). The molecule has 1 aromatic heterocycles. The summed E-state index contributed by atoms with van der Waals surface area (Å²) in [6.07, 6.45) is 0.686. The number of nitrogens with zero attached hydrogens (tertiary/aromatic N) is 1. The van der Waals surface area contributed by atoms with Crippen LogP contribution in [0.1, 0.15) is 22.4 Å². The van der Waals surface area contributed by atoms with Gasteiger partial charge < -0.3 is 9.84 Å². The molecule has 1 heterocycles. The molecule has 0 atom stereocenters. The van der Waals surface area contributed by atoms with Gasteiger partial charge in [0.15, 0.2) is 5.69 Å². The Morgan fingerprint density at radius 1 is 1.77 bits per heavy atom. The molecule has 5 heteroatoms. The molecule has 0 unspecified atom stereocenters. The molecule has 0 radical (unpaired) electrons. The molecule has 0 saturated carbocycles. The monoisotopic (exact) mass is 201 g/mol. The van der Waals surface area contributed by atoms with Gasteiger partial charge in [0.2, 0.25) is 0 Å². The van der Waals surface area contributed by atoms with Gasteiger partial charge in [0.1, 0.15) is 0 Å². The molecule has 0 aliphatic rings. The summed E-state index contributed by atoms with van der Waals surface area (Å²) in [4.78, 5) is 14.4. The van der Waals surface area contributed by atoms with Crippen LogP contribution in [0.3, 0.4) is 0 Å². The molecule has 0 spiro atoms. The second-order valence-electron chi connectivity index (χ2n) is 2.38. The number of carboxylic acid groups (broad SMARTS) is 1. The minimum atomic E-state index is -0.973. The van der Waals surface area contributed by atoms with E-state index in [1.807, 2.05) is 6.92 Å². The summed E-state index contributed by atoms with van der Waals surface area (Å²) in [6, 6.07) is 0. The highest BCUT2D eigenvalue weighted by Crippen LogP contribution is 2.10. The zero-order valence-corrected chi connectivity index (χ0v) is 8.13. The summed E-state index contributed by atoms with van der Waals surface area (Å²) in [5.41, 5.74) is 0.122. The molecule has 0 aliphatic heterocycles. The van der Waals surface area contributed by atoms with E-state index in [1.165, 1.54) is 11.3 Å². The number of ether oxygens (including phenoxy) is 1. The van der Waals surface area contributed by atoms with Crippen LogP contribution in [0.2, 0.25) is 0 Å². The Morgan fingerprint density at radius 3 is 3.08 bits per heavy atom. The number of hydrogen-bond donors (Lipinski definition) is 1. The van der Waals surface area contributed by atoms with E-state index in [9.17, 15) is 4.79 Å². The van der Waals surface area contributed by atoms with E-state index in [4.69, 9.17) is 9.84 Å².